The number of piperidine rings is 1. The van der Waals surface area contributed by atoms with Crippen molar-refractivity contribution in [2.45, 2.75) is 78.7 Å². The van der Waals surface area contributed by atoms with Gasteiger partial charge in [0, 0.05) is 5.54 Å². The van der Waals surface area contributed by atoms with Gasteiger partial charge in [-0.05, 0) is 84.5 Å². The van der Waals surface area contributed by atoms with Crippen LogP contribution in [0.4, 0.5) is 0 Å². The Labute approximate surface area is 127 Å². The molecule has 20 heavy (non-hydrogen) atoms. The lowest BCUT2D eigenvalue weighted by atomic mass is 9.87. The van der Waals surface area contributed by atoms with E-state index in [0.29, 0.717) is 0 Å². The van der Waals surface area contributed by atoms with E-state index in [1.807, 2.05) is 0 Å². The van der Waals surface area contributed by atoms with Crippen LogP contribution in [-0.2, 0) is 0 Å². The van der Waals surface area contributed by atoms with E-state index in [1.54, 1.807) is 0 Å². The lowest BCUT2D eigenvalue weighted by Crippen LogP contribution is -2.36. The third-order valence-corrected chi connectivity index (χ3v) is 4.63. The summed E-state index contributed by atoms with van der Waals surface area (Å²) in [6, 6.07) is 0. The molecule has 2 nitrogen and oxygen atoms in total. The molecular formula is C18H38N2. The fraction of sp³-hybridized carbons (Fsp3) is 1.00. The Morgan fingerprint density at radius 2 is 1.60 bits per heavy atom. The highest BCUT2D eigenvalue weighted by Gasteiger charge is 2.20. The zero-order chi connectivity index (χ0) is 15.0. The largest absolute Gasteiger partial charge is 0.312 e. The zero-order valence-electron chi connectivity index (χ0n) is 14.7. The van der Waals surface area contributed by atoms with Gasteiger partial charge < -0.3 is 10.2 Å². The summed E-state index contributed by atoms with van der Waals surface area (Å²) in [5, 5.41) is 3.57. The summed E-state index contributed by atoms with van der Waals surface area (Å²) in [5.74, 6) is 1.86. The number of hydrogen-bond donors (Lipinski definition) is 1. The van der Waals surface area contributed by atoms with Crippen LogP contribution in [0.15, 0.2) is 0 Å². The van der Waals surface area contributed by atoms with Crippen LogP contribution in [-0.4, -0.2) is 36.6 Å². The number of hydrogen-bond acceptors (Lipinski definition) is 2. The van der Waals surface area contributed by atoms with E-state index in [0.717, 1.165) is 11.8 Å². The molecule has 0 bridgehead atoms. The van der Waals surface area contributed by atoms with Crippen LogP contribution in [0.25, 0.3) is 0 Å². The average molecular weight is 283 g/mol. The summed E-state index contributed by atoms with van der Waals surface area (Å²) in [6.07, 6.45) is 8.34. The zero-order valence-corrected chi connectivity index (χ0v) is 14.7. The van der Waals surface area contributed by atoms with Crippen LogP contribution in [0.3, 0.4) is 0 Å². The number of unbranched alkanes of at least 4 members (excludes halogenated alkanes) is 3. The third-order valence-electron chi connectivity index (χ3n) is 4.63. The fourth-order valence-corrected chi connectivity index (χ4v) is 3.12. The molecule has 1 fully saturated rings. The summed E-state index contributed by atoms with van der Waals surface area (Å²) in [4.78, 5) is 2.69. The number of nitrogens with one attached hydrogen (secondary N) is 1. The Kier molecular flexibility index (Phi) is 8.13. The van der Waals surface area contributed by atoms with E-state index >= 15 is 0 Å². The minimum Gasteiger partial charge on any atom is -0.312 e. The molecule has 0 aromatic rings. The maximum Gasteiger partial charge on any atom is 0.00965 e. The van der Waals surface area contributed by atoms with Crippen molar-refractivity contribution in [1.82, 2.24) is 10.2 Å². The Morgan fingerprint density at radius 3 is 2.15 bits per heavy atom. The second-order valence-electron chi connectivity index (χ2n) is 8.01. The van der Waals surface area contributed by atoms with Gasteiger partial charge in [0.2, 0.25) is 0 Å². The van der Waals surface area contributed by atoms with Crippen LogP contribution in [0.2, 0.25) is 0 Å². The van der Waals surface area contributed by atoms with E-state index in [4.69, 9.17) is 0 Å². The third kappa shape index (κ3) is 8.26. The molecule has 0 spiro atoms. The molecule has 0 amide bonds. The predicted molar refractivity (Wildman–Crippen MR) is 90.2 cm³/mol. The maximum absolute atomic E-state index is 3.57. The number of nitrogens with zero attached hydrogens (tertiary/aromatic N) is 1. The summed E-state index contributed by atoms with van der Waals surface area (Å²) >= 11 is 0. The molecule has 1 N–H and O–H groups in total. The van der Waals surface area contributed by atoms with E-state index < -0.39 is 0 Å². The standard InChI is InChI=1S/C18H38N2/c1-16(2)17-10-14-20(15-11-17)13-9-7-6-8-12-19-18(3,4)5/h16-17,19H,6-15H2,1-5H3. The Hall–Kier alpha value is -0.0800. The van der Waals surface area contributed by atoms with Crippen molar-refractivity contribution in [2.75, 3.05) is 26.2 Å². The van der Waals surface area contributed by atoms with Crippen LogP contribution in [0.1, 0.15) is 73.1 Å². The van der Waals surface area contributed by atoms with Crippen molar-refractivity contribution in [3.05, 3.63) is 0 Å². The number of rotatable bonds is 8. The average Bonchev–Trinajstić information content (AvgIpc) is 2.37. The molecule has 0 saturated carbocycles. The van der Waals surface area contributed by atoms with Crippen LogP contribution in [0.5, 0.6) is 0 Å². The molecule has 0 unspecified atom stereocenters. The highest BCUT2D eigenvalue weighted by Crippen LogP contribution is 2.24. The fourth-order valence-electron chi connectivity index (χ4n) is 3.12. The topological polar surface area (TPSA) is 15.3 Å². The van der Waals surface area contributed by atoms with Gasteiger partial charge in [-0.1, -0.05) is 26.7 Å². The molecule has 120 valence electrons. The molecule has 1 aliphatic heterocycles. The Balaban J connectivity index is 1.93. The van der Waals surface area contributed by atoms with Crippen molar-refractivity contribution in [2.24, 2.45) is 11.8 Å². The van der Waals surface area contributed by atoms with Gasteiger partial charge in [0.25, 0.3) is 0 Å². The molecule has 1 saturated heterocycles. The summed E-state index contributed by atoms with van der Waals surface area (Å²) in [6.45, 7) is 16.7. The highest BCUT2D eigenvalue weighted by molar-refractivity contribution is 4.74. The van der Waals surface area contributed by atoms with Gasteiger partial charge in [0.15, 0.2) is 0 Å². The van der Waals surface area contributed by atoms with Gasteiger partial charge in [0.1, 0.15) is 0 Å². The lowest BCUT2D eigenvalue weighted by Gasteiger charge is -2.33. The SMILES string of the molecule is CC(C)C1CCN(CCCCCCNC(C)(C)C)CC1. The first-order chi connectivity index (χ1) is 9.38. The predicted octanol–water partition coefficient (Wildman–Crippen LogP) is 4.30. The summed E-state index contributed by atoms with van der Waals surface area (Å²) in [7, 11) is 0. The minimum absolute atomic E-state index is 0.279. The van der Waals surface area contributed by atoms with Gasteiger partial charge in [-0.15, -0.1) is 0 Å². The molecular weight excluding hydrogens is 244 g/mol. The van der Waals surface area contributed by atoms with E-state index in [9.17, 15) is 0 Å². The van der Waals surface area contributed by atoms with Crippen molar-refractivity contribution in [3.63, 3.8) is 0 Å². The Morgan fingerprint density at radius 1 is 1.00 bits per heavy atom. The second kappa shape index (κ2) is 9.04. The van der Waals surface area contributed by atoms with Crippen molar-refractivity contribution >= 4 is 0 Å². The van der Waals surface area contributed by atoms with Crippen molar-refractivity contribution < 1.29 is 0 Å². The molecule has 1 heterocycles. The molecule has 0 aliphatic carbocycles. The molecule has 1 rings (SSSR count). The van der Waals surface area contributed by atoms with Gasteiger partial charge >= 0.3 is 0 Å². The first-order valence-corrected chi connectivity index (χ1v) is 8.86. The quantitative estimate of drug-likeness (QED) is 0.668. The van der Waals surface area contributed by atoms with Crippen LogP contribution in [0, 0.1) is 11.8 Å². The smallest absolute Gasteiger partial charge is 0.00965 e. The molecule has 0 radical (unpaired) electrons. The van der Waals surface area contributed by atoms with E-state index in [1.165, 1.54) is 64.7 Å². The molecule has 0 aromatic heterocycles. The second-order valence-corrected chi connectivity index (χ2v) is 8.01. The molecule has 0 atom stereocenters. The normalized spacial score (nSPS) is 18.9. The molecule has 0 aromatic carbocycles. The Bertz CT molecular complexity index is 234. The molecule has 2 heteroatoms. The van der Waals surface area contributed by atoms with Crippen molar-refractivity contribution in [1.29, 1.82) is 0 Å². The summed E-state index contributed by atoms with van der Waals surface area (Å²) < 4.78 is 0. The first kappa shape index (κ1) is 18.0. The maximum atomic E-state index is 3.57. The summed E-state index contributed by atoms with van der Waals surface area (Å²) in [5.41, 5.74) is 0.279. The highest BCUT2D eigenvalue weighted by atomic mass is 15.1. The molecule has 1 aliphatic rings. The van der Waals surface area contributed by atoms with Gasteiger partial charge in [-0.25, -0.2) is 0 Å². The van der Waals surface area contributed by atoms with Gasteiger partial charge in [-0.2, -0.15) is 0 Å². The number of likely N-dealkylation sites (tertiary alicyclic amines) is 1. The lowest BCUT2D eigenvalue weighted by molar-refractivity contribution is 0.155. The van der Waals surface area contributed by atoms with Gasteiger partial charge in [0.05, 0.1) is 0 Å². The van der Waals surface area contributed by atoms with E-state index in [2.05, 4.69) is 44.8 Å². The monoisotopic (exact) mass is 282 g/mol. The van der Waals surface area contributed by atoms with Crippen molar-refractivity contribution in [3.8, 4) is 0 Å². The first-order valence-electron chi connectivity index (χ1n) is 8.86. The van der Waals surface area contributed by atoms with Gasteiger partial charge in [-0.3, -0.25) is 0 Å². The van der Waals surface area contributed by atoms with Crippen LogP contribution < -0.4 is 5.32 Å². The van der Waals surface area contributed by atoms with E-state index in [-0.39, 0.29) is 5.54 Å². The van der Waals surface area contributed by atoms with Crippen LogP contribution >= 0.6 is 0 Å². The minimum atomic E-state index is 0.279.